The van der Waals surface area contributed by atoms with Crippen LogP contribution in [0, 0.1) is 0 Å². The van der Waals surface area contributed by atoms with Gasteiger partial charge in [0.05, 0.1) is 7.11 Å². The lowest BCUT2D eigenvalue weighted by Gasteiger charge is -2.16. The van der Waals surface area contributed by atoms with Gasteiger partial charge < -0.3 is 14.8 Å². The van der Waals surface area contributed by atoms with E-state index in [-0.39, 0.29) is 11.9 Å². The van der Waals surface area contributed by atoms with Crippen LogP contribution in [0.2, 0.25) is 0 Å². The Labute approximate surface area is 150 Å². The minimum atomic E-state index is -0.813. The fourth-order valence-corrected chi connectivity index (χ4v) is 3.03. The Bertz CT molecular complexity index is 623. The topological polar surface area (TPSA) is 64.6 Å². The van der Waals surface area contributed by atoms with Gasteiger partial charge in [-0.15, -0.1) is 0 Å². The van der Waals surface area contributed by atoms with E-state index in [0.29, 0.717) is 5.75 Å². The molecule has 1 aromatic carbocycles. The number of carbonyl (C=O) groups excluding carboxylic acids is 2. The summed E-state index contributed by atoms with van der Waals surface area (Å²) in [6.45, 7) is 1.58. The molecular formula is C18H22BrNO4. The molecule has 5 nitrogen and oxygen atoms in total. The van der Waals surface area contributed by atoms with Crippen molar-refractivity contribution >= 4 is 33.9 Å². The predicted molar refractivity (Wildman–Crippen MR) is 95.7 cm³/mol. The van der Waals surface area contributed by atoms with Gasteiger partial charge in [-0.2, -0.15) is 0 Å². The van der Waals surface area contributed by atoms with E-state index in [1.165, 1.54) is 6.08 Å². The van der Waals surface area contributed by atoms with Crippen molar-refractivity contribution in [3.05, 3.63) is 34.3 Å². The fourth-order valence-electron chi connectivity index (χ4n) is 2.65. The Morgan fingerprint density at radius 1 is 1.33 bits per heavy atom. The second-order valence-corrected chi connectivity index (χ2v) is 6.70. The normalized spacial score (nSPS) is 16.1. The highest BCUT2D eigenvalue weighted by molar-refractivity contribution is 9.10. The Hall–Kier alpha value is -1.82. The number of hydrogen-bond acceptors (Lipinski definition) is 4. The molecule has 0 heterocycles. The van der Waals surface area contributed by atoms with Gasteiger partial charge >= 0.3 is 5.97 Å². The first-order valence-electron chi connectivity index (χ1n) is 8.02. The zero-order valence-corrected chi connectivity index (χ0v) is 15.5. The molecule has 0 radical (unpaired) electrons. The van der Waals surface area contributed by atoms with Gasteiger partial charge in [0, 0.05) is 22.2 Å². The number of rotatable bonds is 6. The van der Waals surface area contributed by atoms with Crippen LogP contribution in [0.25, 0.3) is 6.08 Å². The summed E-state index contributed by atoms with van der Waals surface area (Å²) >= 11 is 3.37. The van der Waals surface area contributed by atoms with Crippen LogP contribution in [0.5, 0.6) is 5.75 Å². The number of benzene rings is 1. The zero-order valence-electron chi connectivity index (χ0n) is 13.9. The SMILES string of the molecule is COc1ccc(Br)cc1/C=C/C(=O)OC(C)C(=O)NC1CCCC1. The Morgan fingerprint density at radius 2 is 2.04 bits per heavy atom. The molecule has 0 bridgehead atoms. The standard InChI is InChI=1S/C18H22BrNO4/c1-12(18(22)20-15-5-3-4-6-15)24-17(21)10-7-13-11-14(19)8-9-16(13)23-2/h7-12,15H,3-6H2,1-2H3,(H,20,22)/b10-7+. The van der Waals surface area contributed by atoms with Crippen molar-refractivity contribution in [2.24, 2.45) is 0 Å². The van der Waals surface area contributed by atoms with Gasteiger partial charge in [0.15, 0.2) is 6.10 Å². The van der Waals surface area contributed by atoms with Crippen molar-refractivity contribution in [1.82, 2.24) is 5.32 Å². The smallest absolute Gasteiger partial charge is 0.331 e. The number of methoxy groups -OCH3 is 1. The molecule has 1 fully saturated rings. The van der Waals surface area contributed by atoms with Crippen molar-refractivity contribution in [3.8, 4) is 5.75 Å². The molecule has 0 aromatic heterocycles. The molecule has 130 valence electrons. The van der Waals surface area contributed by atoms with Crippen molar-refractivity contribution in [2.45, 2.75) is 44.8 Å². The lowest BCUT2D eigenvalue weighted by Crippen LogP contribution is -2.40. The summed E-state index contributed by atoms with van der Waals surface area (Å²) in [6, 6.07) is 5.69. The summed E-state index contributed by atoms with van der Waals surface area (Å²) in [5.41, 5.74) is 0.742. The van der Waals surface area contributed by atoms with Crippen LogP contribution in [0.1, 0.15) is 38.2 Å². The van der Waals surface area contributed by atoms with Crippen LogP contribution < -0.4 is 10.1 Å². The van der Waals surface area contributed by atoms with Crippen molar-refractivity contribution in [1.29, 1.82) is 0 Å². The van der Waals surface area contributed by atoms with Crippen molar-refractivity contribution < 1.29 is 19.1 Å². The molecule has 1 amide bonds. The molecule has 1 N–H and O–H groups in total. The van der Waals surface area contributed by atoms with E-state index in [4.69, 9.17) is 9.47 Å². The van der Waals surface area contributed by atoms with Crippen molar-refractivity contribution in [3.63, 3.8) is 0 Å². The van der Waals surface area contributed by atoms with E-state index in [1.807, 2.05) is 12.1 Å². The summed E-state index contributed by atoms with van der Waals surface area (Å²) in [5.74, 6) is -0.163. The second-order valence-electron chi connectivity index (χ2n) is 5.79. The first kappa shape index (κ1) is 18.5. The average Bonchev–Trinajstić information content (AvgIpc) is 3.06. The summed E-state index contributed by atoms with van der Waals surface area (Å²) < 4.78 is 11.3. The lowest BCUT2D eigenvalue weighted by atomic mass is 10.2. The van der Waals surface area contributed by atoms with E-state index in [1.54, 1.807) is 26.2 Å². The molecule has 0 aliphatic heterocycles. The van der Waals surface area contributed by atoms with Gasteiger partial charge in [0.2, 0.25) is 0 Å². The summed E-state index contributed by atoms with van der Waals surface area (Å²) in [4.78, 5) is 23.9. The maximum atomic E-state index is 12.0. The van der Waals surface area contributed by atoms with E-state index >= 15 is 0 Å². The third-order valence-corrected chi connectivity index (χ3v) is 4.45. The first-order chi connectivity index (χ1) is 11.5. The molecule has 1 saturated carbocycles. The van der Waals surface area contributed by atoms with Crippen LogP contribution in [-0.4, -0.2) is 31.1 Å². The van der Waals surface area contributed by atoms with E-state index in [2.05, 4.69) is 21.2 Å². The van der Waals surface area contributed by atoms with Crippen LogP contribution >= 0.6 is 15.9 Å². The Balaban J connectivity index is 1.89. The maximum Gasteiger partial charge on any atom is 0.331 e. The summed E-state index contributed by atoms with van der Waals surface area (Å²) in [6.07, 6.45) is 6.35. The molecule has 0 spiro atoms. The quantitative estimate of drug-likeness (QED) is 0.591. The molecular weight excluding hydrogens is 374 g/mol. The van der Waals surface area contributed by atoms with Gasteiger partial charge in [-0.1, -0.05) is 28.8 Å². The minimum Gasteiger partial charge on any atom is -0.496 e. The Kier molecular flexibility index (Phi) is 6.85. The van der Waals surface area contributed by atoms with Gasteiger partial charge in [-0.25, -0.2) is 4.79 Å². The first-order valence-corrected chi connectivity index (χ1v) is 8.81. The largest absolute Gasteiger partial charge is 0.496 e. The van der Waals surface area contributed by atoms with E-state index in [0.717, 1.165) is 35.7 Å². The summed E-state index contributed by atoms with van der Waals surface area (Å²) in [7, 11) is 1.56. The molecule has 1 aromatic rings. The lowest BCUT2D eigenvalue weighted by molar-refractivity contribution is -0.150. The van der Waals surface area contributed by atoms with Gasteiger partial charge in [-0.3, -0.25) is 4.79 Å². The van der Waals surface area contributed by atoms with Crippen LogP contribution in [0.3, 0.4) is 0 Å². The highest BCUT2D eigenvalue weighted by Crippen LogP contribution is 2.24. The Morgan fingerprint density at radius 3 is 2.71 bits per heavy atom. The van der Waals surface area contributed by atoms with Gasteiger partial charge in [-0.05, 0) is 44.0 Å². The number of amides is 1. The van der Waals surface area contributed by atoms with Crippen LogP contribution in [0.4, 0.5) is 0 Å². The average molecular weight is 396 g/mol. The van der Waals surface area contributed by atoms with E-state index < -0.39 is 12.1 Å². The molecule has 1 atom stereocenters. The molecule has 1 unspecified atom stereocenters. The predicted octanol–water partition coefficient (Wildman–Crippen LogP) is 3.46. The number of esters is 1. The van der Waals surface area contributed by atoms with E-state index in [9.17, 15) is 9.59 Å². The minimum absolute atomic E-state index is 0.208. The highest BCUT2D eigenvalue weighted by Gasteiger charge is 2.22. The van der Waals surface area contributed by atoms with Gasteiger partial charge in [0.25, 0.3) is 5.91 Å². The number of ether oxygens (including phenoxy) is 2. The maximum absolute atomic E-state index is 12.0. The third kappa shape index (κ3) is 5.37. The molecule has 6 heteroatoms. The number of carbonyl (C=O) groups is 2. The molecule has 1 aliphatic carbocycles. The van der Waals surface area contributed by atoms with Crippen LogP contribution in [-0.2, 0) is 14.3 Å². The third-order valence-electron chi connectivity index (χ3n) is 3.95. The molecule has 24 heavy (non-hydrogen) atoms. The number of halogens is 1. The number of nitrogens with one attached hydrogen (secondary N) is 1. The number of hydrogen-bond donors (Lipinski definition) is 1. The molecule has 0 saturated heterocycles. The summed E-state index contributed by atoms with van der Waals surface area (Å²) in [5, 5.41) is 2.92. The van der Waals surface area contributed by atoms with Crippen LogP contribution in [0.15, 0.2) is 28.7 Å². The van der Waals surface area contributed by atoms with Gasteiger partial charge in [0.1, 0.15) is 5.75 Å². The monoisotopic (exact) mass is 395 g/mol. The molecule has 1 aliphatic rings. The highest BCUT2D eigenvalue weighted by atomic mass is 79.9. The van der Waals surface area contributed by atoms with Crippen molar-refractivity contribution in [2.75, 3.05) is 7.11 Å². The second kappa shape index (κ2) is 8.87. The fraction of sp³-hybridized carbons (Fsp3) is 0.444. The molecule has 2 rings (SSSR count). The zero-order chi connectivity index (χ0) is 17.5.